The van der Waals surface area contributed by atoms with E-state index in [4.69, 9.17) is 21.1 Å². The van der Waals surface area contributed by atoms with E-state index in [9.17, 15) is 14.1 Å². The van der Waals surface area contributed by atoms with Crippen LogP contribution in [0.15, 0.2) is 36.4 Å². The molecule has 1 saturated heterocycles. The molecule has 1 amide bonds. The highest BCUT2D eigenvalue weighted by molar-refractivity contribution is 7.99. The van der Waals surface area contributed by atoms with Crippen LogP contribution in [0.4, 0.5) is 5.69 Å². The Balaban J connectivity index is 1.29. The van der Waals surface area contributed by atoms with Crippen LogP contribution in [0.5, 0.6) is 5.75 Å². The number of nitrogens with one attached hydrogen (secondary N) is 1. The van der Waals surface area contributed by atoms with Gasteiger partial charge >= 0.3 is 0 Å². The van der Waals surface area contributed by atoms with Crippen molar-refractivity contribution in [3.05, 3.63) is 58.1 Å². The molecule has 262 valence electrons. The van der Waals surface area contributed by atoms with E-state index < -0.39 is 15.3 Å². The van der Waals surface area contributed by atoms with E-state index in [0.29, 0.717) is 44.3 Å². The van der Waals surface area contributed by atoms with E-state index in [-0.39, 0.29) is 28.4 Å². The second-order valence-electron chi connectivity index (χ2n) is 15.5. The van der Waals surface area contributed by atoms with E-state index in [1.807, 2.05) is 25.1 Å². The number of carbonyl (C=O) groups excluding carboxylic acids is 1. The molecule has 1 saturated carbocycles. The summed E-state index contributed by atoms with van der Waals surface area (Å²) in [4.78, 5) is 18.5. The van der Waals surface area contributed by atoms with Crippen LogP contribution < -0.4 is 14.4 Å². The first-order valence-electron chi connectivity index (χ1n) is 18.0. The molecule has 10 heteroatoms. The summed E-state index contributed by atoms with van der Waals surface area (Å²) < 4.78 is 29.1. The fourth-order valence-electron chi connectivity index (χ4n) is 9.21. The van der Waals surface area contributed by atoms with Crippen molar-refractivity contribution in [2.45, 2.75) is 81.5 Å². The number of anilines is 1. The largest absolute Gasteiger partial charge is 0.490 e. The maximum absolute atomic E-state index is 13.9. The summed E-state index contributed by atoms with van der Waals surface area (Å²) in [5.41, 5.74) is 2.84. The lowest BCUT2D eigenvalue weighted by molar-refractivity contribution is -0.115. The Morgan fingerprint density at radius 2 is 1.90 bits per heavy atom. The van der Waals surface area contributed by atoms with Gasteiger partial charge in [-0.25, -0.2) is 4.21 Å². The van der Waals surface area contributed by atoms with Crippen LogP contribution in [0.3, 0.4) is 0 Å². The standard InChI is InChI=1S/C38H52ClN3O5S/c1-26-6-4-15-38(44,24-41-16-18-46-19-17-41)33-11-8-30(33)22-42-23-37(14-5-7-28-20-31(39)10-12-32(28)37)25-47-35-13-9-29(21-34(35)42)36(43)40-48(3,45)27(26)2/h9-10,12-13,20-21,26-27,30,33,44H,3-8,11,14-19,22-25H2,1-2H3,(H,40,43,45)/t26-,27+,30-,33+,37-,38-,48?/m0/s1. The van der Waals surface area contributed by atoms with Crippen LogP contribution in [0.25, 0.3) is 0 Å². The Morgan fingerprint density at radius 3 is 2.67 bits per heavy atom. The molecule has 2 aliphatic carbocycles. The van der Waals surface area contributed by atoms with Gasteiger partial charge in [0.25, 0.3) is 5.91 Å². The highest BCUT2D eigenvalue weighted by atomic mass is 35.5. The SMILES string of the molecule is C=S1(=O)NC(=O)c2ccc3c(c2)N(C[C@@H]2CC[C@H]2[C@@](O)(CN2CCOCC2)CCC[C@H](C)[C@H]1C)C[C@@]1(CCCc2cc(Cl)ccc21)CO3. The number of nitrogens with zero attached hydrogens (tertiary/aromatic N) is 2. The van der Waals surface area contributed by atoms with Gasteiger partial charge in [-0.15, -0.1) is 0 Å². The predicted octanol–water partition coefficient (Wildman–Crippen LogP) is 5.47. The molecule has 1 spiro atoms. The summed E-state index contributed by atoms with van der Waals surface area (Å²) in [5, 5.41) is 13.1. The number of benzene rings is 2. The molecule has 7 atom stereocenters. The van der Waals surface area contributed by atoms with Crippen LogP contribution in [0, 0.1) is 17.8 Å². The van der Waals surface area contributed by atoms with Gasteiger partial charge in [0, 0.05) is 54.0 Å². The lowest BCUT2D eigenvalue weighted by Crippen LogP contribution is -2.58. The van der Waals surface area contributed by atoms with Crippen molar-refractivity contribution in [3.8, 4) is 5.75 Å². The van der Waals surface area contributed by atoms with Gasteiger partial charge in [-0.05, 0) is 117 Å². The predicted molar refractivity (Wildman–Crippen MR) is 194 cm³/mol. The smallest absolute Gasteiger partial charge is 0.262 e. The number of halogens is 1. The maximum atomic E-state index is 13.9. The first-order valence-corrected chi connectivity index (χ1v) is 20.1. The number of amides is 1. The van der Waals surface area contributed by atoms with Gasteiger partial charge in [0.15, 0.2) is 0 Å². The van der Waals surface area contributed by atoms with Gasteiger partial charge in [-0.2, -0.15) is 0 Å². The average molecular weight is 698 g/mol. The van der Waals surface area contributed by atoms with Gasteiger partial charge in [0.2, 0.25) is 0 Å². The Bertz CT molecular complexity index is 1630. The first-order chi connectivity index (χ1) is 23.0. The number of hydrogen-bond acceptors (Lipinski definition) is 7. The third kappa shape index (κ3) is 6.62. The van der Waals surface area contributed by atoms with Crippen LogP contribution >= 0.6 is 11.6 Å². The second kappa shape index (κ2) is 13.4. The lowest BCUT2D eigenvalue weighted by atomic mass is 9.62. The molecule has 2 fully saturated rings. The third-order valence-electron chi connectivity index (χ3n) is 12.4. The topological polar surface area (TPSA) is 91.3 Å². The number of fused-ring (bicyclic) bond motifs is 4. The molecule has 3 heterocycles. The minimum atomic E-state index is -2.94. The van der Waals surface area contributed by atoms with Crippen molar-refractivity contribution < 1.29 is 23.6 Å². The summed E-state index contributed by atoms with van der Waals surface area (Å²) >= 11 is 6.47. The Kier molecular flexibility index (Phi) is 9.56. The molecule has 2 bridgehead atoms. The number of morpholine rings is 1. The molecule has 1 unspecified atom stereocenters. The molecular weight excluding hydrogens is 646 g/mol. The minimum Gasteiger partial charge on any atom is -0.490 e. The van der Waals surface area contributed by atoms with E-state index >= 15 is 0 Å². The number of ether oxygens (including phenoxy) is 2. The van der Waals surface area contributed by atoms with Gasteiger partial charge < -0.3 is 19.5 Å². The van der Waals surface area contributed by atoms with E-state index in [1.165, 1.54) is 11.1 Å². The first kappa shape index (κ1) is 34.2. The molecule has 0 aromatic heterocycles. The van der Waals surface area contributed by atoms with Crippen molar-refractivity contribution in [1.82, 2.24) is 9.62 Å². The van der Waals surface area contributed by atoms with Crippen LogP contribution in [0.1, 0.15) is 80.3 Å². The van der Waals surface area contributed by atoms with Crippen molar-refractivity contribution >= 4 is 38.8 Å². The fourth-order valence-corrected chi connectivity index (χ4v) is 10.9. The number of β-amino-alcohol motifs (C(OH)–C–C–N with tert-alkyl or cyclic N) is 1. The quantitative estimate of drug-likeness (QED) is 0.403. The molecule has 2 N–H and O–H groups in total. The van der Waals surface area contributed by atoms with Crippen molar-refractivity contribution in [2.24, 2.45) is 17.8 Å². The molecule has 8 nitrogen and oxygen atoms in total. The second-order valence-corrected chi connectivity index (χ2v) is 18.3. The molecule has 7 rings (SSSR count). The molecule has 2 aromatic rings. The molecule has 3 aliphatic heterocycles. The van der Waals surface area contributed by atoms with Gasteiger partial charge in [0.05, 0.1) is 40.8 Å². The van der Waals surface area contributed by atoms with Crippen LogP contribution in [-0.4, -0.2) is 89.4 Å². The monoisotopic (exact) mass is 697 g/mol. The van der Waals surface area contributed by atoms with E-state index in [0.717, 1.165) is 87.6 Å². The summed E-state index contributed by atoms with van der Waals surface area (Å²) in [6, 6.07) is 11.9. The van der Waals surface area contributed by atoms with Crippen LogP contribution in [-0.2, 0) is 26.3 Å². The lowest BCUT2D eigenvalue weighted by Gasteiger charge is -2.51. The highest BCUT2D eigenvalue weighted by Gasteiger charge is 2.49. The Hall–Kier alpha value is -2.30. The summed E-state index contributed by atoms with van der Waals surface area (Å²) in [6.07, 6.45) is 7.41. The maximum Gasteiger partial charge on any atom is 0.262 e. The van der Waals surface area contributed by atoms with Crippen molar-refractivity contribution in [1.29, 1.82) is 0 Å². The zero-order chi connectivity index (χ0) is 33.7. The summed E-state index contributed by atoms with van der Waals surface area (Å²) in [6.45, 7) is 9.76. The molecule has 5 aliphatic rings. The zero-order valence-electron chi connectivity index (χ0n) is 28.6. The molecule has 2 aromatic carbocycles. The fraction of sp³-hybridized carbons (Fsp3) is 0.632. The number of aliphatic hydroxyl groups is 1. The highest BCUT2D eigenvalue weighted by Crippen LogP contribution is 2.49. The van der Waals surface area contributed by atoms with Gasteiger partial charge in [-0.1, -0.05) is 31.0 Å². The van der Waals surface area contributed by atoms with Crippen molar-refractivity contribution in [2.75, 3.05) is 57.4 Å². The number of hydrogen-bond donors (Lipinski definition) is 2. The molecule has 48 heavy (non-hydrogen) atoms. The average Bonchev–Trinajstić information content (AvgIpc) is 3.19. The van der Waals surface area contributed by atoms with Crippen LogP contribution in [0.2, 0.25) is 5.02 Å². The molecule has 0 radical (unpaired) electrons. The van der Waals surface area contributed by atoms with E-state index in [2.05, 4.69) is 39.4 Å². The van der Waals surface area contributed by atoms with E-state index in [1.54, 1.807) is 6.07 Å². The number of aryl methyl sites for hydroxylation is 1. The van der Waals surface area contributed by atoms with Crippen molar-refractivity contribution in [3.63, 3.8) is 0 Å². The Labute approximate surface area is 291 Å². The molecular formula is C38H52ClN3O5S. The third-order valence-corrected chi connectivity index (χ3v) is 14.8. The van der Waals surface area contributed by atoms with Gasteiger partial charge in [-0.3, -0.25) is 14.4 Å². The summed E-state index contributed by atoms with van der Waals surface area (Å²) in [5.74, 6) is 4.93. The Morgan fingerprint density at radius 1 is 1.08 bits per heavy atom. The van der Waals surface area contributed by atoms with Gasteiger partial charge in [0.1, 0.15) is 5.75 Å². The zero-order valence-corrected chi connectivity index (χ0v) is 30.1. The normalized spacial score (nSPS) is 36.2. The number of rotatable bonds is 2. The summed E-state index contributed by atoms with van der Waals surface area (Å²) in [7, 11) is -2.94. The number of carbonyl (C=O) groups is 1. The minimum absolute atomic E-state index is 0.0633.